The van der Waals surface area contributed by atoms with Crippen molar-refractivity contribution in [2.24, 2.45) is 11.3 Å². The summed E-state index contributed by atoms with van der Waals surface area (Å²) in [5.41, 5.74) is 3.89. The zero-order chi connectivity index (χ0) is 23.9. The van der Waals surface area contributed by atoms with Crippen LogP contribution < -0.4 is 10.6 Å². The van der Waals surface area contributed by atoms with E-state index in [9.17, 15) is 14.7 Å². The Morgan fingerprint density at radius 3 is 2.73 bits per heavy atom. The van der Waals surface area contributed by atoms with Crippen molar-refractivity contribution in [3.63, 3.8) is 0 Å². The molecule has 7 nitrogen and oxygen atoms in total. The first-order chi connectivity index (χ1) is 15.5. The average Bonchev–Trinajstić information content (AvgIpc) is 3.22. The maximum atomic E-state index is 13.0. The third kappa shape index (κ3) is 5.09. The van der Waals surface area contributed by atoms with Gasteiger partial charge in [0.15, 0.2) is 0 Å². The predicted octanol–water partition coefficient (Wildman–Crippen LogP) is 4.47. The molecule has 0 unspecified atom stereocenters. The van der Waals surface area contributed by atoms with Crippen molar-refractivity contribution in [2.45, 2.75) is 78.5 Å². The smallest absolute Gasteiger partial charge is 0.228 e. The van der Waals surface area contributed by atoms with Crippen molar-refractivity contribution in [2.75, 3.05) is 5.32 Å². The molecule has 3 N–H and O–H groups in total. The molecule has 0 radical (unpaired) electrons. The molecule has 33 heavy (non-hydrogen) atoms. The largest absolute Gasteiger partial charge is 0.387 e. The zero-order valence-electron chi connectivity index (χ0n) is 19.7. The molecule has 3 atom stereocenters. The number of rotatable bonds is 5. The fourth-order valence-corrected chi connectivity index (χ4v) is 5.50. The number of hydrogen-bond acceptors (Lipinski definition) is 4. The molecule has 0 bridgehead atoms. The lowest BCUT2D eigenvalue weighted by Gasteiger charge is -2.28. The second-order valence-electron chi connectivity index (χ2n) is 10.3. The van der Waals surface area contributed by atoms with Crippen molar-refractivity contribution < 1.29 is 14.7 Å². The molecule has 3 heterocycles. The summed E-state index contributed by atoms with van der Waals surface area (Å²) in [6.07, 6.45) is 5.08. The number of carbonyl (C=O) groups excluding carboxylic acids is 2. The van der Waals surface area contributed by atoms with Gasteiger partial charge in [-0.05, 0) is 50.2 Å². The molecule has 0 aromatic carbocycles. The molecule has 2 aliphatic rings. The number of fused-ring (bicyclic) bond motifs is 1. The highest BCUT2D eigenvalue weighted by Gasteiger charge is 2.34. The van der Waals surface area contributed by atoms with Crippen LogP contribution in [0.5, 0.6) is 0 Å². The number of halogens is 1. The normalized spacial score (nSPS) is 22.5. The van der Waals surface area contributed by atoms with Gasteiger partial charge >= 0.3 is 0 Å². The van der Waals surface area contributed by atoms with Gasteiger partial charge in [0.25, 0.3) is 0 Å². The fraction of sp³-hybridized carbons (Fsp3) is 0.560. The van der Waals surface area contributed by atoms with E-state index >= 15 is 0 Å². The number of aliphatic hydroxyl groups excluding tert-OH is 1. The minimum absolute atomic E-state index is 0.0342. The SMILES string of the molecule is CC(=O)N[C@@H]1CCC[C@H](C(=O)Nc2cc(-c3cc([C@H](C)O)n4c3CC(C)(C)C4)c(Cl)cn2)C1. The Morgan fingerprint density at radius 2 is 2.03 bits per heavy atom. The van der Waals surface area contributed by atoms with Gasteiger partial charge in [-0.1, -0.05) is 31.9 Å². The van der Waals surface area contributed by atoms with Gasteiger partial charge in [-0.2, -0.15) is 0 Å². The van der Waals surface area contributed by atoms with Gasteiger partial charge < -0.3 is 20.3 Å². The van der Waals surface area contributed by atoms with Crippen molar-refractivity contribution >= 4 is 29.2 Å². The van der Waals surface area contributed by atoms with E-state index in [2.05, 4.69) is 34.0 Å². The van der Waals surface area contributed by atoms with E-state index in [-0.39, 0.29) is 29.2 Å². The Labute approximate surface area is 199 Å². The highest BCUT2D eigenvalue weighted by Crippen LogP contribution is 2.43. The van der Waals surface area contributed by atoms with Gasteiger partial charge in [-0.3, -0.25) is 9.59 Å². The quantitative estimate of drug-likeness (QED) is 0.598. The first kappa shape index (κ1) is 23.8. The Balaban J connectivity index is 1.58. The van der Waals surface area contributed by atoms with E-state index in [1.54, 1.807) is 13.1 Å². The Kier molecular flexibility index (Phi) is 6.56. The molecule has 0 spiro atoms. The van der Waals surface area contributed by atoms with E-state index < -0.39 is 6.10 Å². The molecule has 1 aliphatic carbocycles. The predicted molar refractivity (Wildman–Crippen MR) is 129 cm³/mol. The highest BCUT2D eigenvalue weighted by molar-refractivity contribution is 6.33. The molecule has 1 saturated carbocycles. The number of nitrogens with zero attached hydrogens (tertiary/aromatic N) is 2. The van der Waals surface area contributed by atoms with Gasteiger partial charge in [-0.25, -0.2) is 4.98 Å². The second-order valence-corrected chi connectivity index (χ2v) is 10.7. The molecule has 1 fully saturated rings. The lowest BCUT2D eigenvalue weighted by molar-refractivity contribution is -0.123. The number of amides is 2. The summed E-state index contributed by atoms with van der Waals surface area (Å²) >= 11 is 6.56. The van der Waals surface area contributed by atoms with E-state index in [4.69, 9.17) is 11.6 Å². The van der Waals surface area contributed by atoms with Crippen molar-refractivity contribution in [3.8, 4) is 11.1 Å². The standard InChI is InChI=1S/C25H33ClN4O3/c1-14(31)21-9-19(22-11-25(3,4)13-30(21)22)18-10-23(27-12-20(18)26)29-24(33)16-6-5-7-17(8-16)28-15(2)32/h9-10,12,14,16-17,31H,5-8,11,13H2,1-4H3,(H,28,32)(H,27,29,33)/t14-,16-,17+/m0/s1. The number of aliphatic hydroxyl groups is 1. The van der Waals surface area contributed by atoms with Crippen LogP contribution in [-0.2, 0) is 22.6 Å². The van der Waals surface area contributed by atoms with Crippen molar-refractivity contribution in [1.82, 2.24) is 14.9 Å². The lowest BCUT2D eigenvalue weighted by Crippen LogP contribution is -2.40. The Hall–Kier alpha value is -2.38. The molecular weight excluding hydrogens is 440 g/mol. The van der Waals surface area contributed by atoms with E-state index in [0.717, 1.165) is 54.7 Å². The molecule has 2 amide bonds. The average molecular weight is 473 g/mol. The number of pyridine rings is 1. The van der Waals surface area contributed by atoms with Gasteiger partial charge in [0, 0.05) is 54.1 Å². The van der Waals surface area contributed by atoms with Crippen LogP contribution in [0.4, 0.5) is 5.82 Å². The summed E-state index contributed by atoms with van der Waals surface area (Å²) in [6, 6.07) is 3.86. The number of nitrogens with one attached hydrogen (secondary N) is 2. The monoisotopic (exact) mass is 472 g/mol. The summed E-state index contributed by atoms with van der Waals surface area (Å²) in [5, 5.41) is 16.7. The van der Waals surface area contributed by atoms with Gasteiger partial charge in [-0.15, -0.1) is 0 Å². The van der Waals surface area contributed by atoms with E-state index in [1.165, 1.54) is 6.92 Å². The summed E-state index contributed by atoms with van der Waals surface area (Å²) in [7, 11) is 0. The van der Waals surface area contributed by atoms with Crippen LogP contribution in [0.3, 0.4) is 0 Å². The van der Waals surface area contributed by atoms with Gasteiger partial charge in [0.1, 0.15) is 5.82 Å². The number of carbonyl (C=O) groups is 2. The third-order valence-corrected chi connectivity index (χ3v) is 7.05. The molecule has 1 aliphatic heterocycles. The number of anilines is 1. The molecule has 2 aromatic rings. The third-order valence-electron chi connectivity index (χ3n) is 6.75. The lowest BCUT2D eigenvalue weighted by atomic mass is 9.85. The summed E-state index contributed by atoms with van der Waals surface area (Å²) < 4.78 is 2.19. The first-order valence-electron chi connectivity index (χ1n) is 11.7. The van der Waals surface area contributed by atoms with Crippen LogP contribution in [0, 0.1) is 11.3 Å². The maximum Gasteiger partial charge on any atom is 0.228 e. The molecule has 8 heteroatoms. The van der Waals surface area contributed by atoms with Crippen molar-refractivity contribution in [1.29, 1.82) is 0 Å². The Morgan fingerprint density at radius 1 is 1.27 bits per heavy atom. The van der Waals surface area contributed by atoms with Crippen LogP contribution in [0.25, 0.3) is 11.1 Å². The van der Waals surface area contributed by atoms with Crippen LogP contribution in [0.2, 0.25) is 5.02 Å². The van der Waals surface area contributed by atoms with Crippen LogP contribution in [0.1, 0.15) is 70.9 Å². The van der Waals surface area contributed by atoms with Crippen LogP contribution in [0.15, 0.2) is 18.3 Å². The van der Waals surface area contributed by atoms with Gasteiger partial charge in [0.2, 0.25) is 11.8 Å². The zero-order valence-corrected chi connectivity index (χ0v) is 20.5. The van der Waals surface area contributed by atoms with Crippen LogP contribution >= 0.6 is 11.6 Å². The summed E-state index contributed by atoms with van der Waals surface area (Å²) in [4.78, 5) is 28.7. The summed E-state index contributed by atoms with van der Waals surface area (Å²) in [5.74, 6) is 0.137. The second kappa shape index (κ2) is 9.11. The Bertz CT molecular complexity index is 1080. The van der Waals surface area contributed by atoms with Crippen molar-refractivity contribution in [3.05, 3.63) is 34.7 Å². The molecule has 2 aromatic heterocycles. The van der Waals surface area contributed by atoms with Gasteiger partial charge in [0.05, 0.1) is 11.1 Å². The first-order valence-corrected chi connectivity index (χ1v) is 12.1. The molecular formula is C25H33ClN4O3. The van der Waals surface area contributed by atoms with E-state index in [0.29, 0.717) is 17.3 Å². The van der Waals surface area contributed by atoms with E-state index in [1.807, 2.05) is 12.1 Å². The number of aromatic nitrogens is 2. The minimum atomic E-state index is -0.589. The highest BCUT2D eigenvalue weighted by atomic mass is 35.5. The topological polar surface area (TPSA) is 96.3 Å². The molecule has 4 rings (SSSR count). The fourth-order valence-electron chi connectivity index (χ4n) is 5.29. The minimum Gasteiger partial charge on any atom is -0.387 e. The molecule has 178 valence electrons. The summed E-state index contributed by atoms with van der Waals surface area (Å²) in [6.45, 7) is 8.55. The molecule has 0 saturated heterocycles. The maximum absolute atomic E-state index is 13.0. The van der Waals surface area contributed by atoms with Crippen LogP contribution in [-0.4, -0.2) is 32.5 Å². The number of hydrogen-bond donors (Lipinski definition) is 3.